The number of alkyl halides is 3. The molecule has 2 atom stereocenters. The molecular weight excluding hydrogens is 479 g/mol. The molecule has 1 fully saturated rings. The molecular formula is C29H30F3N3O2. The molecule has 3 aromatic carbocycles. The van der Waals surface area contributed by atoms with Crippen molar-refractivity contribution in [3.63, 3.8) is 0 Å². The van der Waals surface area contributed by atoms with Gasteiger partial charge in [-0.1, -0.05) is 42.5 Å². The molecule has 1 saturated heterocycles. The zero-order valence-corrected chi connectivity index (χ0v) is 20.7. The average molecular weight is 510 g/mol. The lowest BCUT2D eigenvalue weighted by Gasteiger charge is -2.21. The van der Waals surface area contributed by atoms with E-state index in [1.807, 2.05) is 17.9 Å². The Kier molecular flexibility index (Phi) is 7.22. The smallest absolute Gasteiger partial charge is 0.406 e. The Labute approximate surface area is 214 Å². The number of hydrogen-bond donors (Lipinski definition) is 1. The molecule has 2 aliphatic rings. The van der Waals surface area contributed by atoms with E-state index in [4.69, 9.17) is 0 Å². The van der Waals surface area contributed by atoms with E-state index in [-0.39, 0.29) is 11.8 Å². The molecule has 0 spiro atoms. The van der Waals surface area contributed by atoms with Crippen LogP contribution in [0.4, 0.5) is 18.9 Å². The fraction of sp³-hybridized carbons (Fsp3) is 0.345. The van der Waals surface area contributed by atoms with Crippen LogP contribution in [0.2, 0.25) is 0 Å². The highest BCUT2D eigenvalue weighted by Gasteiger charge is 2.33. The van der Waals surface area contributed by atoms with Crippen molar-refractivity contribution in [3.8, 4) is 5.75 Å². The number of halogens is 3. The first-order valence-corrected chi connectivity index (χ1v) is 12.5. The second kappa shape index (κ2) is 10.6. The van der Waals surface area contributed by atoms with E-state index in [1.165, 1.54) is 17.7 Å². The summed E-state index contributed by atoms with van der Waals surface area (Å²) < 4.78 is 41.3. The van der Waals surface area contributed by atoms with E-state index in [2.05, 4.69) is 51.4 Å². The monoisotopic (exact) mass is 509 g/mol. The first-order valence-electron chi connectivity index (χ1n) is 12.5. The average Bonchev–Trinajstić information content (AvgIpc) is 3.43. The van der Waals surface area contributed by atoms with Gasteiger partial charge in [0.2, 0.25) is 0 Å². The highest BCUT2D eigenvalue weighted by atomic mass is 19.4. The van der Waals surface area contributed by atoms with Crippen LogP contribution in [0, 0.1) is 6.92 Å². The van der Waals surface area contributed by atoms with Crippen molar-refractivity contribution in [1.29, 1.82) is 0 Å². The van der Waals surface area contributed by atoms with E-state index >= 15 is 0 Å². The minimum Gasteiger partial charge on any atom is -0.406 e. The highest BCUT2D eigenvalue weighted by molar-refractivity contribution is 5.68. The number of aryl methyl sites for hydroxylation is 1. The van der Waals surface area contributed by atoms with Crippen molar-refractivity contribution in [3.05, 3.63) is 94.5 Å². The summed E-state index contributed by atoms with van der Waals surface area (Å²) in [6, 6.07) is 20.5. The fourth-order valence-corrected chi connectivity index (χ4v) is 5.52. The van der Waals surface area contributed by atoms with Gasteiger partial charge in [0, 0.05) is 44.5 Å². The van der Waals surface area contributed by atoms with E-state index in [9.17, 15) is 18.0 Å². The van der Waals surface area contributed by atoms with Crippen molar-refractivity contribution in [2.75, 3.05) is 18.4 Å². The topological polar surface area (TPSA) is 44.8 Å². The molecule has 0 bridgehead atoms. The largest absolute Gasteiger partial charge is 0.573 e. The van der Waals surface area contributed by atoms with E-state index in [0.29, 0.717) is 19.1 Å². The number of benzene rings is 3. The van der Waals surface area contributed by atoms with Gasteiger partial charge in [0.25, 0.3) is 0 Å². The van der Waals surface area contributed by atoms with Gasteiger partial charge in [-0.15, -0.1) is 13.2 Å². The fourth-order valence-electron chi connectivity index (χ4n) is 5.52. The zero-order chi connectivity index (χ0) is 26.0. The third-order valence-corrected chi connectivity index (χ3v) is 7.10. The maximum Gasteiger partial charge on any atom is 0.573 e. The van der Waals surface area contributed by atoms with Gasteiger partial charge in [0.15, 0.2) is 0 Å². The van der Waals surface area contributed by atoms with Gasteiger partial charge < -0.3 is 14.8 Å². The zero-order valence-electron chi connectivity index (χ0n) is 20.7. The lowest BCUT2D eigenvalue weighted by Crippen LogP contribution is -2.26. The van der Waals surface area contributed by atoms with Crippen LogP contribution in [0.3, 0.4) is 0 Å². The quantitative estimate of drug-likeness (QED) is 0.387. The van der Waals surface area contributed by atoms with Crippen molar-refractivity contribution >= 4 is 12.0 Å². The second-order valence-corrected chi connectivity index (χ2v) is 9.89. The van der Waals surface area contributed by atoms with Gasteiger partial charge in [0.05, 0.1) is 6.04 Å². The molecule has 3 aromatic rings. The number of hydrogen-bond acceptors (Lipinski definition) is 5. The molecule has 37 heavy (non-hydrogen) atoms. The molecule has 0 aliphatic carbocycles. The lowest BCUT2D eigenvalue weighted by atomic mass is 9.98. The molecule has 0 amide bonds. The minimum atomic E-state index is -4.72. The standard InChI is InChI=1S/C29H30F3N3O2/c1-20-13-25(33-24-11-12-34(18-24)15-21-5-3-2-4-6-21)14-23-17-35(27(19-36)28(20)23)16-22-7-9-26(10-8-22)37-29(30,31)32/h2-10,13-14,19,24,27,33H,11-12,15-18H2,1H3. The van der Waals surface area contributed by atoms with Crippen LogP contribution >= 0.6 is 0 Å². The Bertz CT molecular complexity index is 1230. The molecule has 8 heteroatoms. The minimum absolute atomic E-state index is 0.256. The van der Waals surface area contributed by atoms with Crippen LogP contribution in [-0.2, 0) is 24.4 Å². The van der Waals surface area contributed by atoms with Crippen molar-refractivity contribution in [2.24, 2.45) is 0 Å². The van der Waals surface area contributed by atoms with Crippen LogP contribution in [0.5, 0.6) is 5.75 Å². The first kappa shape index (κ1) is 25.3. The van der Waals surface area contributed by atoms with Crippen molar-refractivity contribution < 1.29 is 22.7 Å². The molecule has 5 rings (SSSR count). The first-order chi connectivity index (χ1) is 17.8. The Hall–Kier alpha value is -3.36. The molecule has 2 aliphatic heterocycles. The lowest BCUT2D eigenvalue weighted by molar-refractivity contribution is -0.274. The summed E-state index contributed by atoms with van der Waals surface area (Å²) in [7, 11) is 0. The van der Waals surface area contributed by atoms with Gasteiger partial charge in [-0.3, -0.25) is 9.80 Å². The van der Waals surface area contributed by atoms with Gasteiger partial charge in [-0.25, -0.2) is 0 Å². The van der Waals surface area contributed by atoms with Crippen molar-refractivity contribution in [1.82, 2.24) is 9.80 Å². The summed E-state index contributed by atoms with van der Waals surface area (Å²) in [5.74, 6) is -0.256. The molecule has 0 aromatic heterocycles. The van der Waals surface area contributed by atoms with Crippen LogP contribution in [-0.4, -0.2) is 41.6 Å². The molecule has 194 valence electrons. The predicted octanol–water partition coefficient (Wildman–Crippen LogP) is 5.84. The number of nitrogens with zero attached hydrogens (tertiary/aromatic N) is 2. The summed E-state index contributed by atoms with van der Waals surface area (Å²) in [4.78, 5) is 16.6. The van der Waals surface area contributed by atoms with Gasteiger partial charge in [-0.05, 0) is 65.4 Å². The summed E-state index contributed by atoms with van der Waals surface area (Å²) in [5, 5.41) is 3.70. The SMILES string of the molecule is Cc1cc(NC2CCN(Cc3ccccc3)C2)cc2c1C(C=O)N(Cc1ccc(OC(F)(F)F)cc1)C2. The molecule has 1 N–H and O–H groups in total. The molecule has 2 heterocycles. The van der Waals surface area contributed by atoms with Crippen LogP contribution in [0.15, 0.2) is 66.7 Å². The predicted molar refractivity (Wildman–Crippen MR) is 136 cm³/mol. The van der Waals surface area contributed by atoms with Crippen LogP contribution < -0.4 is 10.1 Å². The number of likely N-dealkylation sites (tertiary alicyclic amines) is 1. The van der Waals surface area contributed by atoms with Crippen LogP contribution in [0.1, 0.15) is 40.3 Å². The highest BCUT2D eigenvalue weighted by Crippen LogP contribution is 2.38. The number of fused-ring (bicyclic) bond motifs is 1. The summed E-state index contributed by atoms with van der Waals surface area (Å²) in [5.41, 5.74) is 6.38. The number of carbonyl (C=O) groups is 1. The Morgan fingerprint density at radius 1 is 1.03 bits per heavy atom. The normalized spacial score (nSPS) is 20.1. The molecule has 0 saturated carbocycles. The van der Waals surface area contributed by atoms with Gasteiger partial charge in [-0.2, -0.15) is 0 Å². The molecule has 5 nitrogen and oxygen atoms in total. The van der Waals surface area contributed by atoms with E-state index < -0.39 is 6.36 Å². The second-order valence-electron chi connectivity index (χ2n) is 9.89. The maximum absolute atomic E-state index is 12.4. The Morgan fingerprint density at radius 2 is 1.76 bits per heavy atom. The van der Waals surface area contributed by atoms with E-state index in [0.717, 1.165) is 60.3 Å². The molecule has 2 unspecified atom stereocenters. The summed E-state index contributed by atoms with van der Waals surface area (Å²) >= 11 is 0. The van der Waals surface area contributed by atoms with Crippen molar-refractivity contribution in [2.45, 2.75) is 51.4 Å². The third kappa shape index (κ3) is 6.14. The number of anilines is 1. The Morgan fingerprint density at radius 3 is 2.46 bits per heavy atom. The number of aldehydes is 1. The third-order valence-electron chi connectivity index (χ3n) is 7.10. The maximum atomic E-state index is 12.4. The van der Waals surface area contributed by atoms with Gasteiger partial charge in [0.1, 0.15) is 12.0 Å². The number of carbonyl (C=O) groups excluding carboxylic acids is 1. The summed E-state index contributed by atoms with van der Waals surface area (Å²) in [6.07, 6.45) is -2.70. The summed E-state index contributed by atoms with van der Waals surface area (Å²) in [6.45, 7) is 6.04. The Balaban J connectivity index is 1.23. The van der Waals surface area contributed by atoms with Gasteiger partial charge >= 0.3 is 6.36 Å². The van der Waals surface area contributed by atoms with E-state index in [1.54, 1.807) is 12.1 Å². The number of nitrogens with one attached hydrogen (secondary N) is 1. The molecule has 0 radical (unpaired) electrons. The number of ether oxygens (including phenoxy) is 1. The number of rotatable bonds is 8. The van der Waals surface area contributed by atoms with Crippen LogP contribution in [0.25, 0.3) is 0 Å².